The predicted octanol–water partition coefficient (Wildman–Crippen LogP) is 2.10. The van der Waals surface area contributed by atoms with Crippen molar-refractivity contribution in [2.24, 2.45) is 0 Å². The number of carbonyl (C=O) groups is 1. The Bertz CT molecular complexity index is 1270. The molecule has 2 atom stereocenters. The molecule has 0 aromatic carbocycles. The molecule has 13 heteroatoms. The monoisotopic (exact) mass is 488 g/mol. The molecule has 2 aromatic heterocycles. The van der Waals surface area contributed by atoms with Crippen LogP contribution in [0.4, 0.5) is 24.8 Å². The molecule has 5 rings (SSSR count). The first-order valence-electron chi connectivity index (χ1n) is 11.1. The van der Waals surface area contributed by atoms with Gasteiger partial charge >= 0.3 is 0 Å². The second-order valence-electron chi connectivity index (χ2n) is 8.55. The number of hydrogen-bond donors (Lipinski definition) is 3. The molecule has 10 nitrogen and oxygen atoms in total. The van der Waals surface area contributed by atoms with Crippen molar-refractivity contribution in [1.29, 1.82) is 0 Å². The second kappa shape index (κ2) is 8.75. The summed E-state index contributed by atoms with van der Waals surface area (Å²) in [7, 11) is 1.67. The number of aromatic nitrogens is 3. The van der Waals surface area contributed by atoms with Crippen LogP contribution in [0.1, 0.15) is 29.6 Å². The molecule has 3 N–H and O–H groups in total. The SMILES string of the molecule is CNc1cc(NC2=CC=CN(N3CCC(F)(F)CC3)C2=C=O)nc2c(C(=O)N[C@@H]3C[C@@H]3F)cnn12. The molecule has 0 bridgehead atoms. The molecule has 2 aliphatic heterocycles. The van der Waals surface area contributed by atoms with Gasteiger partial charge in [0.1, 0.15) is 23.4 Å². The van der Waals surface area contributed by atoms with Gasteiger partial charge in [0.2, 0.25) is 0 Å². The van der Waals surface area contributed by atoms with Crippen LogP contribution in [0.2, 0.25) is 0 Å². The van der Waals surface area contributed by atoms with Gasteiger partial charge in [-0.15, -0.1) is 0 Å². The molecule has 2 fully saturated rings. The molecule has 4 heterocycles. The van der Waals surface area contributed by atoms with E-state index in [1.807, 2.05) is 5.94 Å². The summed E-state index contributed by atoms with van der Waals surface area (Å²) in [6, 6.07) is 1.12. The Labute approximate surface area is 198 Å². The normalized spacial score (nSPS) is 23.6. The minimum atomic E-state index is -2.72. The summed E-state index contributed by atoms with van der Waals surface area (Å²) in [4.78, 5) is 29.0. The van der Waals surface area contributed by atoms with Crippen LogP contribution in [-0.4, -0.2) is 74.7 Å². The van der Waals surface area contributed by atoms with E-state index in [4.69, 9.17) is 0 Å². The van der Waals surface area contributed by atoms with E-state index in [9.17, 15) is 22.8 Å². The number of piperidine rings is 1. The highest BCUT2D eigenvalue weighted by Crippen LogP contribution is 2.32. The number of nitrogens with one attached hydrogen (secondary N) is 3. The number of hydrogen-bond acceptors (Lipinski definition) is 8. The van der Waals surface area contributed by atoms with Gasteiger partial charge in [0.25, 0.3) is 11.8 Å². The fourth-order valence-corrected chi connectivity index (χ4v) is 4.04. The summed E-state index contributed by atoms with van der Waals surface area (Å²) in [5.74, 6) is -0.522. The third kappa shape index (κ3) is 4.47. The Kier molecular flexibility index (Phi) is 5.73. The van der Waals surface area contributed by atoms with Crippen molar-refractivity contribution in [3.8, 4) is 0 Å². The highest BCUT2D eigenvalue weighted by atomic mass is 19.3. The number of alkyl halides is 3. The molecular formula is C22H23F3N8O2. The van der Waals surface area contributed by atoms with Gasteiger partial charge in [-0.3, -0.25) is 9.80 Å². The summed E-state index contributed by atoms with van der Waals surface area (Å²) < 4.78 is 41.9. The predicted molar refractivity (Wildman–Crippen MR) is 121 cm³/mol. The fraction of sp³-hybridized carbons (Fsp3) is 0.409. The van der Waals surface area contributed by atoms with Crippen LogP contribution in [0.25, 0.3) is 5.65 Å². The van der Waals surface area contributed by atoms with E-state index < -0.39 is 24.0 Å². The number of hydrazine groups is 1. The third-order valence-corrected chi connectivity index (χ3v) is 6.11. The van der Waals surface area contributed by atoms with Crippen LogP contribution in [0, 0.1) is 0 Å². The topological polar surface area (TPSA) is 107 Å². The van der Waals surface area contributed by atoms with Crippen LogP contribution < -0.4 is 16.0 Å². The molecule has 0 spiro atoms. The van der Waals surface area contributed by atoms with Crippen molar-refractivity contribution in [3.05, 3.63) is 47.6 Å². The maximum atomic E-state index is 13.6. The zero-order chi connectivity index (χ0) is 24.7. The number of fused-ring (bicyclic) bond motifs is 1. The minimum Gasteiger partial charge on any atom is -0.373 e. The highest BCUT2D eigenvalue weighted by Gasteiger charge is 2.39. The molecule has 35 heavy (non-hydrogen) atoms. The Morgan fingerprint density at radius 3 is 2.69 bits per heavy atom. The van der Waals surface area contributed by atoms with Crippen molar-refractivity contribution in [3.63, 3.8) is 0 Å². The van der Waals surface area contributed by atoms with E-state index in [2.05, 4.69) is 26.0 Å². The molecule has 1 amide bonds. The van der Waals surface area contributed by atoms with Crippen molar-refractivity contribution in [1.82, 2.24) is 29.9 Å². The number of carbonyl (C=O) groups excluding carboxylic acids is 2. The van der Waals surface area contributed by atoms with Crippen LogP contribution >= 0.6 is 0 Å². The molecule has 0 unspecified atom stereocenters. The van der Waals surface area contributed by atoms with E-state index in [0.717, 1.165) is 0 Å². The van der Waals surface area contributed by atoms with E-state index in [1.54, 1.807) is 36.5 Å². The summed E-state index contributed by atoms with van der Waals surface area (Å²) in [5.41, 5.74) is 0.859. The second-order valence-corrected chi connectivity index (χ2v) is 8.55. The zero-order valence-electron chi connectivity index (χ0n) is 18.8. The number of halogens is 3. The quantitative estimate of drug-likeness (QED) is 0.531. The van der Waals surface area contributed by atoms with Gasteiger partial charge in [0, 0.05) is 51.7 Å². The summed E-state index contributed by atoms with van der Waals surface area (Å²) in [6.07, 6.45) is 4.89. The molecule has 2 aromatic rings. The van der Waals surface area contributed by atoms with Gasteiger partial charge in [-0.25, -0.2) is 28.0 Å². The number of nitrogens with zero attached hydrogens (tertiary/aromatic N) is 5. The first-order valence-corrected chi connectivity index (χ1v) is 11.1. The van der Waals surface area contributed by atoms with Gasteiger partial charge in [-0.1, -0.05) is 0 Å². The minimum absolute atomic E-state index is 0.0823. The number of amides is 1. The van der Waals surface area contributed by atoms with Crippen LogP contribution in [0.15, 0.2) is 42.0 Å². The summed E-state index contributed by atoms with van der Waals surface area (Å²) >= 11 is 0. The molecule has 1 saturated carbocycles. The lowest BCUT2D eigenvalue weighted by Crippen LogP contribution is -2.48. The number of anilines is 2. The van der Waals surface area contributed by atoms with Gasteiger partial charge in [-0.05, 0) is 12.2 Å². The summed E-state index contributed by atoms with van der Waals surface area (Å²) in [5, 5.41) is 16.0. The van der Waals surface area contributed by atoms with E-state index in [0.29, 0.717) is 17.3 Å². The third-order valence-electron chi connectivity index (χ3n) is 6.11. The van der Waals surface area contributed by atoms with Crippen molar-refractivity contribution in [2.75, 3.05) is 30.8 Å². The molecule has 1 saturated heterocycles. The van der Waals surface area contributed by atoms with Gasteiger partial charge < -0.3 is 16.0 Å². The lowest BCUT2D eigenvalue weighted by molar-refractivity contribution is -0.0918. The maximum Gasteiger partial charge on any atom is 0.257 e. The fourth-order valence-electron chi connectivity index (χ4n) is 4.04. The maximum absolute atomic E-state index is 13.6. The van der Waals surface area contributed by atoms with Crippen LogP contribution in [-0.2, 0) is 4.79 Å². The van der Waals surface area contributed by atoms with Crippen LogP contribution in [0.3, 0.4) is 0 Å². The first kappa shape index (κ1) is 22.9. The van der Waals surface area contributed by atoms with E-state index in [1.165, 1.54) is 15.7 Å². The number of allylic oxidation sites excluding steroid dienone is 2. The molecule has 0 radical (unpaired) electrons. The van der Waals surface area contributed by atoms with Gasteiger partial charge in [0.15, 0.2) is 17.3 Å². The zero-order valence-corrected chi connectivity index (χ0v) is 18.8. The van der Waals surface area contributed by atoms with Gasteiger partial charge in [-0.2, -0.15) is 9.61 Å². The first-order chi connectivity index (χ1) is 16.8. The standard InChI is InChI=1S/C22H23F3N8O2/c1-26-19-10-18(30-20-13(11-27-33(19)20)21(35)29-16-9-14(16)23)28-15-3-2-6-32(17(15)12-34)31-7-4-22(24,25)5-8-31/h2-3,6,10-11,14,16,26H,4-5,7-9H2,1H3,(H,28,30)(H,29,35)/t14-,16+/m0/s1. The Morgan fingerprint density at radius 2 is 2.03 bits per heavy atom. The Hall–Kier alpha value is -3.83. The summed E-state index contributed by atoms with van der Waals surface area (Å²) in [6.45, 7) is 0.165. The smallest absolute Gasteiger partial charge is 0.257 e. The molecule has 3 aliphatic rings. The Morgan fingerprint density at radius 1 is 1.29 bits per heavy atom. The van der Waals surface area contributed by atoms with E-state index >= 15 is 0 Å². The lowest BCUT2D eigenvalue weighted by Gasteiger charge is -2.40. The highest BCUT2D eigenvalue weighted by molar-refractivity contribution is 6.00. The van der Waals surface area contributed by atoms with Crippen molar-refractivity contribution in [2.45, 2.75) is 37.4 Å². The largest absolute Gasteiger partial charge is 0.373 e. The average Bonchev–Trinajstić information content (AvgIpc) is 3.35. The lowest BCUT2D eigenvalue weighted by atomic mass is 10.1. The van der Waals surface area contributed by atoms with Crippen molar-refractivity contribution < 1.29 is 22.8 Å². The molecule has 184 valence electrons. The van der Waals surface area contributed by atoms with E-state index in [-0.39, 0.29) is 49.3 Å². The average molecular weight is 488 g/mol. The Balaban J connectivity index is 1.40. The van der Waals surface area contributed by atoms with Gasteiger partial charge in [0.05, 0.1) is 17.9 Å². The molecular weight excluding hydrogens is 465 g/mol. The van der Waals surface area contributed by atoms with Crippen molar-refractivity contribution >= 4 is 29.1 Å². The molecule has 1 aliphatic carbocycles. The van der Waals surface area contributed by atoms with Crippen LogP contribution in [0.5, 0.6) is 0 Å². The number of rotatable bonds is 6.